The van der Waals surface area contributed by atoms with Crippen molar-refractivity contribution in [2.24, 2.45) is 0 Å². The summed E-state index contributed by atoms with van der Waals surface area (Å²) >= 11 is 0. The van der Waals surface area contributed by atoms with E-state index in [2.05, 4.69) is 18.8 Å². The number of ether oxygens (including phenoxy) is 2. The second kappa shape index (κ2) is 14.2. The average molecular weight is 478 g/mol. The molecule has 0 N–H and O–H groups in total. The highest BCUT2D eigenvalue weighted by atomic mass is 19.1. The Bertz CT molecular complexity index is 1050. The summed E-state index contributed by atoms with van der Waals surface area (Å²) in [4.78, 5) is 16.8. The number of hydrogen-bond donors (Lipinski definition) is 0. The number of aryl methyl sites for hydroxylation is 1. The predicted octanol–water partition coefficient (Wildman–Crippen LogP) is 8.19. The molecule has 2 aromatic carbocycles. The highest BCUT2D eigenvalue weighted by Crippen LogP contribution is 2.23. The first-order valence-corrected chi connectivity index (χ1v) is 12.8. The second-order valence-electron chi connectivity index (χ2n) is 8.83. The van der Waals surface area contributed by atoms with E-state index in [1.807, 2.05) is 24.3 Å². The van der Waals surface area contributed by atoms with E-state index in [-0.39, 0.29) is 11.3 Å². The van der Waals surface area contributed by atoms with Gasteiger partial charge >= 0.3 is 5.97 Å². The van der Waals surface area contributed by atoms with E-state index in [9.17, 15) is 9.18 Å². The van der Waals surface area contributed by atoms with Gasteiger partial charge in [0.05, 0.1) is 24.1 Å². The number of benzene rings is 2. The lowest BCUT2D eigenvalue weighted by molar-refractivity contribution is 0.0729. The third kappa shape index (κ3) is 8.50. The zero-order valence-electron chi connectivity index (χ0n) is 20.9. The van der Waals surface area contributed by atoms with Gasteiger partial charge in [0.1, 0.15) is 17.3 Å². The largest absolute Gasteiger partial charge is 0.494 e. The molecule has 0 amide bonds. The van der Waals surface area contributed by atoms with Gasteiger partial charge in [-0.15, -0.1) is 0 Å². The molecule has 0 fully saturated rings. The monoisotopic (exact) mass is 477 g/mol. The van der Waals surface area contributed by atoms with Crippen molar-refractivity contribution in [3.63, 3.8) is 0 Å². The molecule has 5 heteroatoms. The fourth-order valence-corrected chi connectivity index (χ4v) is 3.83. The number of unbranched alkanes of at least 4 members (excludes halogenated alkanes) is 6. The van der Waals surface area contributed by atoms with E-state index in [4.69, 9.17) is 9.47 Å². The number of esters is 1. The van der Waals surface area contributed by atoms with Crippen LogP contribution < -0.4 is 9.47 Å². The molecule has 4 nitrogen and oxygen atoms in total. The van der Waals surface area contributed by atoms with Crippen LogP contribution in [-0.4, -0.2) is 17.6 Å². The molecule has 0 saturated heterocycles. The molecule has 1 heterocycles. The van der Waals surface area contributed by atoms with Gasteiger partial charge in [-0.3, -0.25) is 4.98 Å². The van der Waals surface area contributed by atoms with E-state index in [1.54, 1.807) is 18.2 Å². The smallest absolute Gasteiger partial charge is 0.346 e. The van der Waals surface area contributed by atoms with Crippen LogP contribution in [-0.2, 0) is 6.42 Å². The Kier molecular flexibility index (Phi) is 10.7. The van der Waals surface area contributed by atoms with Crippen LogP contribution in [0, 0.1) is 5.82 Å². The second-order valence-corrected chi connectivity index (χ2v) is 8.83. The maximum absolute atomic E-state index is 14.4. The van der Waals surface area contributed by atoms with Crippen molar-refractivity contribution in [3.8, 4) is 22.8 Å². The zero-order chi connectivity index (χ0) is 24.9. The standard InChI is InChI=1S/C30H36FNO3/c1-3-5-7-8-9-10-20-34-25-15-13-24(14-16-25)29-19-17-26(22-32-29)35-30(33)27-18-12-23(11-6-4-2)21-28(27)31/h12-19,21-22H,3-11,20H2,1-2H3. The molecule has 0 aliphatic rings. The van der Waals surface area contributed by atoms with E-state index >= 15 is 0 Å². The highest BCUT2D eigenvalue weighted by Gasteiger charge is 2.15. The molecule has 0 radical (unpaired) electrons. The van der Waals surface area contributed by atoms with Gasteiger partial charge in [0.15, 0.2) is 0 Å². The molecule has 0 aliphatic carbocycles. The van der Waals surface area contributed by atoms with Crippen molar-refractivity contribution in [2.75, 3.05) is 6.61 Å². The lowest BCUT2D eigenvalue weighted by Gasteiger charge is -2.09. The number of carbonyl (C=O) groups is 1. The highest BCUT2D eigenvalue weighted by molar-refractivity contribution is 5.91. The number of rotatable bonds is 14. The summed E-state index contributed by atoms with van der Waals surface area (Å²) in [5.41, 5.74) is 2.49. The van der Waals surface area contributed by atoms with Crippen LogP contribution in [0.2, 0.25) is 0 Å². The SMILES string of the molecule is CCCCCCCCOc1ccc(-c2ccc(OC(=O)c3ccc(CCCC)cc3F)cn2)cc1. The lowest BCUT2D eigenvalue weighted by Crippen LogP contribution is -2.11. The fourth-order valence-electron chi connectivity index (χ4n) is 3.83. The summed E-state index contributed by atoms with van der Waals surface area (Å²) in [7, 11) is 0. The van der Waals surface area contributed by atoms with Crippen molar-refractivity contribution in [2.45, 2.75) is 71.6 Å². The normalized spacial score (nSPS) is 10.8. The summed E-state index contributed by atoms with van der Waals surface area (Å²) in [6, 6.07) is 15.9. The first kappa shape index (κ1) is 26.4. The van der Waals surface area contributed by atoms with Crippen molar-refractivity contribution in [1.29, 1.82) is 0 Å². The Morgan fingerprint density at radius 2 is 1.54 bits per heavy atom. The first-order valence-electron chi connectivity index (χ1n) is 12.8. The Labute approximate surface area is 208 Å². The summed E-state index contributed by atoms with van der Waals surface area (Å²) in [6.45, 7) is 5.04. The Morgan fingerprint density at radius 1 is 0.829 bits per heavy atom. The summed E-state index contributed by atoms with van der Waals surface area (Å²) in [6.07, 6.45) is 11.7. The number of hydrogen-bond acceptors (Lipinski definition) is 4. The molecule has 3 aromatic rings. The molecule has 0 bridgehead atoms. The third-order valence-corrected chi connectivity index (χ3v) is 5.94. The molecular formula is C30H36FNO3. The average Bonchev–Trinajstić information content (AvgIpc) is 2.88. The molecular weight excluding hydrogens is 441 g/mol. The minimum atomic E-state index is -0.731. The fraction of sp³-hybridized carbons (Fsp3) is 0.400. The van der Waals surface area contributed by atoms with Crippen LogP contribution in [0.15, 0.2) is 60.8 Å². The topological polar surface area (TPSA) is 48.4 Å². The van der Waals surface area contributed by atoms with Gasteiger partial charge in [0.25, 0.3) is 0 Å². The number of nitrogens with zero attached hydrogens (tertiary/aromatic N) is 1. The minimum Gasteiger partial charge on any atom is -0.494 e. The molecule has 186 valence electrons. The first-order chi connectivity index (χ1) is 17.1. The Hall–Kier alpha value is -3.21. The van der Waals surface area contributed by atoms with Crippen LogP contribution in [0.1, 0.15) is 81.1 Å². The molecule has 0 unspecified atom stereocenters. The molecule has 0 atom stereocenters. The van der Waals surface area contributed by atoms with Crippen LogP contribution in [0.25, 0.3) is 11.3 Å². The van der Waals surface area contributed by atoms with Gasteiger partial charge in [0.2, 0.25) is 0 Å². The number of carbonyl (C=O) groups excluding carboxylic acids is 1. The maximum Gasteiger partial charge on any atom is 0.346 e. The molecule has 0 aliphatic heterocycles. The van der Waals surface area contributed by atoms with Gasteiger partial charge in [-0.25, -0.2) is 9.18 Å². The van der Waals surface area contributed by atoms with Crippen LogP contribution in [0.4, 0.5) is 4.39 Å². The van der Waals surface area contributed by atoms with Crippen molar-refractivity contribution in [1.82, 2.24) is 4.98 Å². The van der Waals surface area contributed by atoms with E-state index in [1.165, 1.54) is 50.4 Å². The van der Waals surface area contributed by atoms with E-state index < -0.39 is 11.8 Å². The van der Waals surface area contributed by atoms with E-state index in [0.29, 0.717) is 0 Å². The molecule has 1 aromatic heterocycles. The number of aromatic nitrogens is 1. The van der Waals surface area contributed by atoms with Crippen molar-refractivity contribution >= 4 is 5.97 Å². The minimum absolute atomic E-state index is 0.0779. The summed E-state index contributed by atoms with van der Waals surface area (Å²) in [5, 5.41) is 0. The predicted molar refractivity (Wildman–Crippen MR) is 139 cm³/mol. The number of pyridine rings is 1. The zero-order valence-corrected chi connectivity index (χ0v) is 20.9. The van der Waals surface area contributed by atoms with Gasteiger partial charge < -0.3 is 9.47 Å². The summed E-state index contributed by atoms with van der Waals surface area (Å²) in [5.74, 6) is -0.180. The lowest BCUT2D eigenvalue weighted by atomic mass is 10.1. The van der Waals surface area contributed by atoms with E-state index in [0.717, 1.165) is 54.9 Å². The maximum atomic E-state index is 14.4. The third-order valence-electron chi connectivity index (χ3n) is 5.94. The Balaban J connectivity index is 1.50. The van der Waals surface area contributed by atoms with Crippen molar-refractivity contribution in [3.05, 3.63) is 77.7 Å². The van der Waals surface area contributed by atoms with Crippen LogP contribution >= 0.6 is 0 Å². The van der Waals surface area contributed by atoms with Crippen LogP contribution in [0.5, 0.6) is 11.5 Å². The number of halogens is 1. The van der Waals surface area contributed by atoms with Gasteiger partial charge in [-0.05, 0) is 73.4 Å². The quantitative estimate of drug-likeness (QED) is 0.173. The van der Waals surface area contributed by atoms with Crippen LogP contribution in [0.3, 0.4) is 0 Å². The van der Waals surface area contributed by atoms with Gasteiger partial charge in [-0.2, -0.15) is 0 Å². The molecule has 0 spiro atoms. The Morgan fingerprint density at radius 3 is 2.23 bits per heavy atom. The molecule has 35 heavy (non-hydrogen) atoms. The van der Waals surface area contributed by atoms with Crippen molar-refractivity contribution < 1.29 is 18.7 Å². The summed E-state index contributed by atoms with van der Waals surface area (Å²) < 4.78 is 25.6. The molecule has 0 saturated carbocycles. The molecule has 3 rings (SSSR count). The van der Waals surface area contributed by atoms with Gasteiger partial charge in [-0.1, -0.05) is 58.4 Å². The van der Waals surface area contributed by atoms with Gasteiger partial charge in [0, 0.05) is 5.56 Å².